The van der Waals surface area contributed by atoms with Crippen LogP contribution in [0.3, 0.4) is 0 Å². The van der Waals surface area contributed by atoms with Crippen LogP contribution in [-0.4, -0.2) is 13.0 Å². The van der Waals surface area contributed by atoms with Crippen LogP contribution in [0, 0.1) is 0 Å². The molecule has 0 atom stereocenters. The minimum atomic E-state index is -0.489. The Kier molecular flexibility index (Phi) is 5.09. The second-order valence-corrected chi connectivity index (χ2v) is 5.63. The first kappa shape index (κ1) is 15.7. The number of methoxy groups -OCH3 is 1. The van der Waals surface area contributed by atoms with Gasteiger partial charge in [-0.1, -0.05) is 27.5 Å². The van der Waals surface area contributed by atoms with E-state index in [4.69, 9.17) is 22.1 Å². The Morgan fingerprint density at radius 2 is 2.10 bits per heavy atom. The third-order valence-electron chi connectivity index (χ3n) is 2.97. The number of anilines is 1. The number of rotatable bonds is 5. The summed E-state index contributed by atoms with van der Waals surface area (Å²) in [6.07, 6.45) is 0. The van der Waals surface area contributed by atoms with Crippen LogP contribution < -0.4 is 15.8 Å². The average Bonchev–Trinajstić information content (AvgIpc) is 2.47. The van der Waals surface area contributed by atoms with Gasteiger partial charge < -0.3 is 15.8 Å². The molecule has 21 heavy (non-hydrogen) atoms. The molecule has 0 radical (unpaired) electrons. The van der Waals surface area contributed by atoms with E-state index in [2.05, 4.69) is 21.2 Å². The van der Waals surface area contributed by atoms with Gasteiger partial charge in [-0.2, -0.15) is 0 Å². The molecular weight excluding hydrogens is 356 g/mol. The first-order valence-corrected chi connectivity index (χ1v) is 7.34. The van der Waals surface area contributed by atoms with E-state index in [9.17, 15) is 4.79 Å². The van der Waals surface area contributed by atoms with Gasteiger partial charge in [0.05, 0.1) is 17.8 Å². The van der Waals surface area contributed by atoms with Crippen molar-refractivity contribution >= 4 is 39.1 Å². The smallest absolute Gasteiger partial charge is 0.248 e. The molecule has 2 aromatic rings. The quantitative estimate of drug-likeness (QED) is 0.842. The standard InChI is InChI=1S/C15H14BrClN2O2/c1-21-11-3-4-12(16)10(6-11)8-19-14-7-9(15(18)20)2-5-13(14)17/h2-7,19H,8H2,1H3,(H2,18,20). The number of halogens is 2. The van der Waals surface area contributed by atoms with Crippen molar-refractivity contribution in [3.8, 4) is 5.75 Å². The van der Waals surface area contributed by atoms with Crippen LogP contribution in [0.2, 0.25) is 5.02 Å². The number of primary amides is 1. The van der Waals surface area contributed by atoms with Gasteiger partial charge in [-0.25, -0.2) is 0 Å². The zero-order valence-corrected chi connectivity index (χ0v) is 13.7. The molecule has 0 bridgehead atoms. The van der Waals surface area contributed by atoms with Gasteiger partial charge in [0.15, 0.2) is 0 Å². The normalized spacial score (nSPS) is 10.2. The zero-order chi connectivity index (χ0) is 15.4. The molecule has 2 rings (SSSR count). The Bertz CT molecular complexity index is 677. The molecule has 0 aromatic heterocycles. The van der Waals surface area contributed by atoms with Gasteiger partial charge in [-0.3, -0.25) is 4.79 Å². The summed E-state index contributed by atoms with van der Waals surface area (Å²) in [6, 6.07) is 10.6. The topological polar surface area (TPSA) is 64.3 Å². The van der Waals surface area contributed by atoms with Crippen molar-refractivity contribution in [2.45, 2.75) is 6.54 Å². The van der Waals surface area contributed by atoms with Crippen LogP contribution in [0.1, 0.15) is 15.9 Å². The van der Waals surface area contributed by atoms with Crippen LogP contribution in [-0.2, 0) is 6.54 Å². The lowest BCUT2D eigenvalue weighted by atomic mass is 10.1. The largest absolute Gasteiger partial charge is 0.497 e. The highest BCUT2D eigenvalue weighted by Gasteiger charge is 2.07. The predicted molar refractivity (Wildman–Crippen MR) is 88.0 cm³/mol. The van der Waals surface area contributed by atoms with Gasteiger partial charge >= 0.3 is 0 Å². The molecule has 0 aliphatic carbocycles. The minimum Gasteiger partial charge on any atom is -0.497 e. The summed E-state index contributed by atoms with van der Waals surface area (Å²) in [4.78, 5) is 11.2. The Balaban J connectivity index is 2.20. The van der Waals surface area contributed by atoms with Crippen LogP contribution in [0.15, 0.2) is 40.9 Å². The van der Waals surface area contributed by atoms with Gasteiger partial charge in [-0.15, -0.1) is 0 Å². The van der Waals surface area contributed by atoms with Crippen molar-refractivity contribution in [1.82, 2.24) is 0 Å². The third-order valence-corrected chi connectivity index (χ3v) is 4.08. The second-order valence-electron chi connectivity index (χ2n) is 4.37. The summed E-state index contributed by atoms with van der Waals surface area (Å²) in [5.74, 6) is 0.282. The fraction of sp³-hybridized carbons (Fsp3) is 0.133. The van der Waals surface area contributed by atoms with Gasteiger partial charge in [0.1, 0.15) is 5.75 Å². The molecule has 2 aromatic carbocycles. The third kappa shape index (κ3) is 3.89. The summed E-state index contributed by atoms with van der Waals surface area (Å²) < 4.78 is 6.16. The molecule has 0 aliphatic heterocycles. The average molecular weight is 370 g/mol. The monoisotopic (exact) mass is 368 g/mol. The van der Waals surface area contributed by atoms with Crippen LogP contribution in [0.25, 0.3) is 0 Å². The lowest BCUT2D eigenvalue weighted by Gasteiger charge is -2.12. The van der Waals surface area contributed by atoms with Crippen molar-refractivity contribution in [1.29, 1.82) is 0 Å². The Morgan fingerprint density at radius 1 is 1.33 bits per heavy atom. The molecule has 0 saturated carbocycles. The van der Waals surface area contributed by atoms with Crippen molar-refractivity contribution in [3.63, 3.8) is 0 Å². The highest BCUT2D eigenvalue weighted by molar-refractivity contribution is 9.10. The molecule has 110 valence electrons. The van der Waals surface area contributed by atoms with Crippen molar-refractivity contribution in [2.24, 2.45) is 5.73 Å². The molecule has 4 nitrogen and oxygen atoms in total. The van der Waals surface area contributed by atoms with E-state index in [1.165, 1.54) is 0 Å². The lowest BCUT2D eigenvalue weighted by molar-refractivity contribution is 0.100. The Labute approximate surface area is 136 Å². The second kappa shape index (κ2) is 6.83. The molecule has 0 fully saturated rings. The maximum atomic E-state index is 11.2. The molecule has 0 spiro atoms. The van der Waals surface area contributed by atoms with Gasteiger partial charge in [0, 0.05) is 16.6 Å². The van der Waals surface area contributed by atoms with Crippen LogP contribution in [0.5, 0.6) is 5.75 Å². The number of amides is 1. The maximum absolute atomic E-state index is 11.2. The summed E-state index contributed by atoms with van der Waals surface area (Å²) >= 11 is 9.60. The van der Waals surface area contributed by atoms with E-state index >= 15 is 0 Å². The Hall–Kier alpha value is -1.72. The van der Waals surface area contributed by atoms with Gasteiger partial charge in [0.2, 0.25) is 5.91 Å². The number of carbonyl (C=O) groups is 1. The number of nitrogens with two attached hydrogens (primary N) is 1. The SMILES string of the molecule is COc1ccc(Br)c(CNc2cc(C(N)=O)ccc2Cl)c1. The molecular formula is C15H14BrClN2O2. The summed E-state index contributed by atoms with van der Waals surface area (Å²) in [5.41, 5.74) is 7.34. The van der Waals surface area contributed by atoms with Crippen LogP contribution >= 0.6 is 27.5 Å². The highest BCUT2D eigenvalue weighted by Crippen LogP contribution is 2.26. The van der Waals surface area contributed by atoms with E-state index in [1.54, 1.807) is 25.3 Å². The van der Waals surface area contributed by atoms with E-state index < -0.39 is 5.91 Å². The number of carbonyl (C=O) groups excluding carboxylic acids is 1. The highest BCUT2D eigenvalue weighted by atomic mass is 79.9. The summed E-state index contributed by atoms with van der Waals surface area (Å²) in [7, 11) is 1.62. The first-order valence-electron chi connectivity index (χ1n) is 6.17. The summed E-state index contributed by atoms with van der Waals surface area (Å²) in [6.45, 7) is 0.527. The molecule has 0 heterocycles. The minimum absolute atomic E-state index is 0.409. The van der Waals surface area contributed by atoms with E-state index in [0.29, 0.717) is 22.8 Å². The first-order chi connectivity index (χ1) is 10.0. The van der Waals surface area contributed by atoms with Crippen molar-refractivity contribution < 1.29 is 9.53 Å². The molecule has 0 aliphatic rings. The lowest BCUT2D eigenvalue weighted by Crippen LogP contribution is -2.11. The van der Waals surface area contributed by atoms with E-state index in [1.807, 2.05) is 18.2 Å². The zero-order valence-electron chi connectivity index (χ0n) is 11.3. The number of hydrogen-bond donors (Lipinski definition) is 2. The predicted octanol–water partition coefficient (Wildman–Crippen LogP) is 3.82. The van der Waals surface area contributed by atoms with Crippen molar-refractivity contribution in [3.05, 3.63) is 57.0 Å². The number of ether oxygens (including phenoxy) is 1. The van der Waals surface area contributed by atoms with Gasteiger partial charge in [-0.05, 0) is 42.0 Å². The summed E-state index contributed by atoms with van der Waals surface area (Å²) in [5, 5.41) is 3.72. The molecule has 0 unspecified atom stereocenters. The molecule has 3 N–H and O–H groups in total. The molecule has 0 saturated heterocycles. The van der Waals surface area contributed by atoms with Gasteiger partial charge in [0.25, 0.3) is 0 Å². The Morgan fingerprint density at radius 3 is 2.76 bits per heavy atom. The number of nitrogens with one attached hydrogen (secondary N) is 1. The maximum Gasteiger partial charge on any atom is 0.248 e. The number of hydrogen-bond acceptors (Lipinski definition) is 3. The van der Waals surface area contributed by atoms with E-state index in [-0.39, 0.29) is 0 Å². The van der Waals surface area contributed by atoms with Crippen molar-refractivity contribution in [2.75, 3.05) is 12.4 Å². The fourth-order valence-electron chi connectivity index (χ4n) is 1.82. The fourth-order valence-corrected chi connectivity index (χ4v) is 2.39. The van der Waals surface area contributed by atoms with Crippen LogP contribution in [0.4, 0.5) is 5.69 Å². The van der Waals surface area contributed by atoms with E-state index in [0.717, 1.165) is 15.8 Å². The molecule has 6 heteroatoms. The number of benzene rings is 2. The molecule has 1 amide bonds.